The van der Waals surface area contributed by atoms with Gasteiger partial charge in [-0.3, -0.25) is 5.43 Å². The Bertz CT molecular complexity index is 697. The second-order valence-electron chi connectivity index (χ2n) is 4.31. The molecule has 1 N–H and O–H groups in total. The van der Waals surface area contributed by atoms with E-state index in [1.54, 1.807) is 0 Å². The van der Waals surface area contributed by atoms with Crippen LogP contribution in [-0.4, -0.2) is 6.21 Å². The quantitative estimate of drug-likeness (QED) is 0.541. The first kappa shape index (κ1) is 11.5. The van der Waals surface area contributed by atoms with Crippen LogP contribution in [0.25, 0.3) is 10.8 Å². The van der Waals surface area contributed by atoms with E-state index < -0.39 is 0 Å². The van der Waals surface area contributed by atoms with Crippen LogP contribution in [0.15, 0.2) is 77.9 Å². The van der Waals surface area contributed by atoms with E-state index in [9.17, 15) is 0 Å². The van der Waals surface area contributed by atoms with E-state index in [1.165, 1.54) is 10.8 Å². The number of fused-ring (bicyclic) bond motifs is 1. The maximum absolute atomic E-state index is 4.29. The minimum absolute atomic E-state index is 1.02. The van der Waals surface area contributed by atoms with Crippen LogP contribution in [0.1, 0.15) is 5.56 Å². The molecule has 0 aliphatic heterocycles. The van der Waals surface area contributed by atoms with E-state index in [-0.39, 0.29) is 0 Å². The van der Waals surface area contributed by atoms with Gasteiger partial charge in [-0.25, -0.2) is 0 Å². The maximum atomic E-state index is 4.29. The smallest absolute Gasteiger partial charge is 0.0640 e. The Labute approximate surface area is 112 Å². The van der Waals surface area contributed by atoms with Crippen molar-refractivity contribution in [3.8, 4) is 0 Å². The summed E-state index contributed by atoms with van der Waals surface area (Å²) in [5.74, 6) is 0. The van der Waals surface area contributed by atoms with E-state index >= 15 is 0 Å². The molecule has 2 heteroatoms. The fourth-order valence-electron chi connectivity index (χ4n) is 2.04. The lowest BCUT2D eigenvalue weighted by Gasteiger charge is -2.05. The van der Waals surface area contributed by atoms with E-state index in [0.717, 1.165) is 11.3 Å². The summed E-state index contributed by atoms with van der Waals surface area (Å²) < 4.78 is 0. The van der Waals surface area contributed by atoms with Crippen molar-refractivity contribution < 1.29 is 0 Å². The Morgan fingerprint density at radius 3 is 2.37 bits per heavy atom. The van der Waals surface area contributed by atoms with Crippen LogP contribution in [0, 0.1) is 0 Å². The third kappa shape index (κ3) is 2.63. The van der Waals surface area contributed by atoms with Gasteiger partial charge in [-0.1, -0.05) is 66.7 Å². The number of nitrogens with one attached hydrogen (secondary N) is 1. The molecule has 0 bridgehead atoms. The predicted octanol–water partition coefficient (Wildman–Crippen LogP) is 4.29. The minimum Gasteiger partial charge on any atom is -0.278 e. The Hall–Kier alpha value is -2.61. The number of rotatable bonds is 3. The maximum Gasteiger partial charge on any atom is 0.0640 e. The van der Waals surface area contributed by atoms with E-state index in [1.807, 2.05) is 60.8 Å². The molecule has 0 radical (unpaired) electrons. The number of nitrogens with zero attached hydrogens (tertiary/aromatic N) is 1. The lowest BCUT2D eigenvalue weighted by Crippen LogP contribution is -1.91. The average molecular weight is 246 g/mol. The van der Waals surface area contributed by atoms with Crippen molar-refractivity contribution >= 4 is 22.7 Å². The molecule has 3 aromatic carbocycles. The van der Waals surface area contributed by atoms with Gasteiger partial charge in [0.05, 0.1) is 11.9 Å². The van der Waals surface area contributed by atoms with Crippen molar-refractivity contribution in [1.29, 1.82) is 0 Å². The molecule has 92 valence electrons. The summed E-state index contributed by atoms with van der Waals surface area (Å²) in [6.45, 7) is 0. The largest absolute Gasteiger partial charge is 0.278 e. The van der Waals surface area contributed by atoms with Gasteiger partial charge in [0, 0.05) is 5.39 Å². The van der Waals surface area contributed by atoms with Gasteiger partial charge < -0.3 is 0 Å². The van der Waals surface area contributed by atoms with Gasteiger partial charge in [-0.2, -0.15) is 5.10 Å². The van der Waals surface area contributed by atoms with Crippen LogP contribution in [0.2, 0.25) is 0 Å². The Kier molecular flexibility index (Phi) is 3.24. The molecular formula is C17H14N2. The Morgan fingerprint density at radius 1 is 0.737 bits per heavy atom. The highest BCUT2D eigenvalue weighted by Gasteiger charge is 1.97. The molecule has 0 saturated heterocycles. The van der Waals surface area contributed by atoms with Crippen LogP contribution >= 0.6 is 0 Å². The fourth-order valence-corrected chi connectivity index (χ4v) is 2.04. The number of benzene rings is 3. The number of hydrazone groups is 1. The van der Waals surface area contributed by atoms with E-state index in [4.69, 9.17) is 0 Å². The highest BCUT2D eigenvalue weighted by atomic mass is 15.3. The summed E-state index contributed by atoms with van der Waals surface area (Å²) in [4.78, 5) is 0. The molecular weight excluding hydrogens is 232 g/mol. The molecule has 19 heavy (non-hydrogen) atoms. The third-order valence-corrected chi connectivity index (χ3v) is 2.99. The normalized spacial score (nSPS) is 10.9. The molecule has 3 rings (SSSR count). The van der Waals surface area contributed by atoms with Gasteiger partial charge >= 0.3 is 0 Å². The van der Waals surface area contributed by atoms with Gasteiger partial charge in [0.2, 0.25) is 0 Å². The van der Waals surface area contributed by atoms with Crippen LogP contribution < -0.4 is 5.43 Å². The van der Waals surface area contributed by atoms with Gasteiger partial charge in [-0.05, 0) is 17.0 Å². The molecule has 0 atom stereocenters. The molecule has 2 nitrogen and oxygen atoms in total. The summed E-state index contributed by atoms with van der Waals surface area (Å²) in [7, 11) is 0. The molecule has 3 aromatic rings. The molecule has 0 unspecified atom stereocenters. The molecule has 0 spiro atoms. The van der Waals surface area contributed by atoms with Crippen molar-refractivity contribution in [3.63, 3.8) is 0 Å². The molecule has 0 fully saturated rings. The predicted molar refractivity (Wildman–Crippen MR) is 81.6 cm³/mol. The van der Waals surface area contributed by atoms with E-state index in [0.29, 0.717) is 0 Å². The number of hydrogen-bond donors (Lipinski definition) is 1. The topological polar surface area (TPSA) is 24.4 Å². The van der Waals surface area contributed by atoms with Gasteiger partial charge in [0.25, 0.3) is 0 Å². The van der Waals surface area contributed by atoms with Crippen LogP contribution in [0.3, 0.4) is 0 Å². The lowest BCUT2D eigenvalue weighted by atomic mass is 10.1. The fraction of sp³-hybridized carbons (Fsp3) is 0. The molecule has 0 aliphatic rings. The molecule has 0 aliphatic carbocycles. The van der Waals surface area contributed by atoms with Crippen LogP contribution in [0.4, 0.5) is 5.69 Å². The number of anilines is 1. The second-order valence-corrected chi connectivity index (χ2v) is 4.31. The summed E-state index contributed by atoms with van der Waals surface area (Å²) >= 11 is 0. The van der Waals surface area contributed by atoms with Gasteiger partial charge in [0.1, 0.15) is 0 Å². The van der Waals surface area contributed by atoms with Crippen molar-refractivity contribution in [2.45, 2.75) is 0 Å². The van der Waals surface area contributed by atoms with Crippen LogP contribution in [0.5, 0.6) is 0 Å². The second kappa shape index (κ2) is 5.36. The van der Waals surface area contributed by atoms with Gasteiger partial charge in [-0.15, -0.1) is 0 Å². The molecule has 0 saturated carbocycles. The lowest BCUT2D eigenvalue weighted by molar-refractivity contribution is 1.36. The summed E-state index contributed by atoms with van der Waals surface area (Å²) in [6.07, 6.45) is 1.82. The monoisotopic (exact) mass is 246 g/mol. The highest BCUT2D eigenvalue weighted by molar-refractivity contribution is 5.94. The Balaban J connectivity index is 1.84. The van der Waals surface area contributed by atoms with Crippen molar-refractivity contribution in [2.24, 2.45) is 5.10 Å². The third-order valence-electron chi connectivity index (χ3n) is 2.99. The molecule has 0 aromatic heterocycles. The summed E-state index contributed by atoms with van der Waals surface area (Å²) in [6, 6.07) is 24.5. The van der Waals surface area contributed by atoms with E-state index in [2.05, 4.69) is 28.7 Å². The standard InChI is InChI=1S/C17H14N2/c1-2-7-14(8-3-1)13-18-19-17-12-6-10-15-9-4-5-11-16(15)17/h1-13,19H/b18-13+. The van der Waals surface area contributed by atoms with Gasteiger partial charge in [0.15, 0.2) is 0 Å². The molecule has 0 amide bonds. The minimum atomic E-state index is 1.02. The average Bonchev–Trinajstić information content (AvgIpc) is 2.49. The van der Waals surface area contributed by atoms with Crippen LogP contribution in [-0.2, 0) is 0 Å². The SMILES string of the molecule is C(=N\Nc1cccc2ccccc12)/c1ccccc1. The van der Waals surface area contributed by atoms with Crippen molar-refractivity contribution in [2.75, 3.05) is 5.43 Å². The number of hydrogen-bond acceptors (Lipinski definition) is 2. The molecule has 0 heterocycles. The zero-order valence-corrected chi connectivity index (χ0v) is 10.5. The Morgan fingerprint density at radius 2 is 1.47 bits per heavy atom. The highest BCUT2D eigenvalue weighted by Crippen LogP contribution is 2.22. The first-order valence-corrected chi connectivity index (χ1v) is 6.25. The first-order chi connectivity index (χ1) is 9.43. The summed E-state index contributed by atoms with van der Waals surface area (Å²) in [5.41, 5.74) is 5.20. The zero-order valence-electron chi connectivity index (χ0n) is 10.5. The van der Waals surface area contributed by atoms with Crippen molar-refractivity contribution in [3.05, 3.63) is 78.4 Å². The van der Waals surface area contributed by atoms with Crippen molar-refractivity contribution in [1.82, 2.24) is 0 Å². The zero-order chi connectivity index (χ0) is 12.9. The summed E-state index contributed by atoms with van der Waals surface area (Å²) in [5, 5.41) is 6.67. The first-order valence-electron chi connectivity index (χ1n) is 6.25.